The van der Waals surface area contributed by atoms with E-state index in [9.17, 15) is 4.79 Å². The molecule has 0 atom stereocenters. The molecule has 6 rings (SSSR count). The SMILES string of the molecule is CCCC(=O)Nc1cncc(-c2ccc3[nH]nc(-c4nc5c(-c6ccsc6)cncc5[nH]4)c3c2)c1. The summed E-state index contributed by atoms with van der Waals surface area (Å²) >= 11 is 1.64. The molecule has 0 fully saturated rings. The number of hydrogen-bond acceptors (Lipinski definition) is 6. The van der Waals surface area contributed by atoms with Crippen molar-refractivity contribution in [1.29, 1.82) is 0 Å². The second-order valence-electron chi connectivity index (χ2n) is 8.27. The molecule has 1 aromatic carbocycles. The number of imidazole rings is 1. The topological polar surface area (TPSA) is 112 Å². The number of nitrogens with zero attached hydrogens (tertiary/aromatic N) is 4. The molecule has 0 saturated carbocycles. The predicted octanol–water partition coefficient (Wildman–Crippen LogP) is 6.03. The number of aromatic nitrogens is 6. The van der Waals surface area contributed by atoms with Gasteiger partial charge in [-0.3, -0.25) is 19.9 Å². The second kappa shape index (κ2) is 8.77. The van der Waals surface area contributed by atoms with Crippen molar-refractivity contribution in [1.82, 2.24) is 30.1 Å². The van der Waals surface area contributed by atoms with Gasteiger partial charge in [0.15, 0.2) is 5.82 Å². The van der Waals surface area contributed by atoms with Crippen LogP contribution in [0, 0.1) is 0 Å². The van der Waals surface area contributed by atoms with E-state index in [1.165, 1.54) is 0 Å². The van der Waals surface area contributed by atoms with Gasteiger partial charge in [-0.2, -0.15) is 16.4 Å². The van der Waals surface area contributed by atoms with Gasteiger partial charge in [-0.25, -0.2) is 4.98 Å². The number of rotatable bonds is 6. The first-order valence-electron chi connectivity index (χ1n) is 11.3. The molecule has 5 heterocycles. The number of thiophene rings is 1. The molecule has 1 amide bonds. The second-order valence-corrected chi connectivity index (χ2v) is 9.05. The Labute approximate surface area is 204 Å². The number of carbonyl (C=O) groups is 1. The van der Waals surface area contributed by atoms with Gasteiger partial charge in [0.1, 0.15) is 11.2 Å². The molecule has 0 spiro atoms. The van der Waals surface area contributed by atoms with Crippen molar-refractivity contribution in [2.75, 3.05) is 5.32 Å². The number of benzene rings is 1. The minimum atomic E-state index is -0.0137. The standard InChI is InChI=1S/C26H21N7OS/c1-2-3-23(34)29-18-8-17(10-27-11-18)15-4-5-21-19(9-15)25(33-32-21)26-30-22-13-28-12-20(24(22)31-26)16-6-7-35-14-16/h4-14H,2-3H2,1H3,(H,29,34)(H,30,31)(H,32,33). The highest BCUT2D eigenvalue weighted by Gasteiger charge is 2.16. The minimum Gasteiger partial charge on any atom is -0.335 e. The number of H-pyrrole nitrogens is 2. The number of amides is 1. The van der Waals surface area contributed by atoms with Gasteiger partial charge in [-0.1, -0.05) is 13.0 Å². The van der Waals surface area contributed by atoms with Gasteiger partial charge >= 0.3 is 0 Å². The first-order chi connectivity index (χ1) is 17.2. The molecular formula is C26H21N7OS. The summed E-state index contributed by atoms with van der Waals surface area (Å²) in [7, 11) is 0. The maximum Gasteiger partial charge on any atom is 0.224 e. The number of hydrogen-bond donors (Lipinski definition) is 3. The van der Waals surface area contributed by atoms with Crippen LogP contribution in [-0.4, -0.2) is 36.0 Å². The highest BCUT2D eigenvalue weighted by Crippen LogP contribution is 2.33. The van der Waals surface area contributed by atoms with E-state index >= 15 is 0 Å². The van der Waals surface area contributed by atoms with E-state index < -0.39 is 0 Å². The highest BCUT2D eigenvalue weighted by atomic mass is 32.1. The summed E-state index contributed by atoms with van der Waals surface area (Å²) in [6.07, 6.45) is 8.35. The van der Waals surface area contributed by atoms with Crippen LogP contribution >= 0.6 is 11.3 Å². The molecular weight excluding hydrogens is 458 g/mol. The van der Waals surface area contributed by atoms with Crippen molar-refractivity contribution in [3.8, 4) is 33.8 Å². The Morgan fingerprint density at radius 2 is 1.91 bits per heavy atom. The number of anilines is 1. The summed E-state index contributed by atoms with van der Waals surface area (Å²) in [4.78, 5) is 29.0. The lowest BCUT2D eigenvalue weighted by Crippen LogP contribution is -2.10. The van der Waals surface area contributed by atoms with Crippen molar-refractivity contribution in [3.63, 3.8) is 0 Å². The molecule has 9 heteroatoms. The van der Waals surface area contributed by atoms with Crippen LogP contribution < -0.4 is 5.32 Å². The van der Waals surface area contributed by atoms with Gasteiger partial charge < -0.3 is 10.3 Å². The smallest absolute Gasteiger partial charge is 0.224 e. The Balaban J connectivity index is 1.40. The Kier molecular flexibility index (Phi) is 5.31. The van der Waals surface area contributed by atoms with Crippen LogP contribution in [0.3, 0.4) is 0 Å². The molecule has 0 saturated heterocycles. The van der Waals surface area contributed by atoms with Crippen LogP contribution in [0.15, 0.2) is 65.9 Å². The number of aromatic amines is 2. The van der Waals surface area contributed by atoms with E-state index in [1.54, 1.807) is 29.9 Å². The van der Waals surface area contributed by atoms with Gasteiger partial charge in [0.05, 0.1) is 29.1 Å². The van der Waals surface area contributed by atoms with Crippen molar-refractivity contribution in [3.05, 3.63) is 65.9 Å². The largest absolute Gasteiger partial charge is 0.335 e. The van der Waals surface area contributed by atoms with Gasteiger partial charge in [0.25, 0.3) is 0 Å². The summed E-state index contributed by atoms with van der Waals surface area (Å²) in [6.45, 7) is 1.98. The van der Waals surface area contributed by atoms with Crippen LogP contribution in [-0.2, 0) is 4.79 Å². The highest BCUT2D eigenvalue weighted by molar-refractivity contribution is 7.08. The fourth-order valence-corrected chi connectivity index (χ4v) is 4.82. The number of fused-ring (bicyclic) bond motifs is 2. The van der Waals surface area contributed by atoms with Crippen molar-refractivity contribution in [2.24, 2.45) is 0 Å². The Morgan fingerprint density at radius 3 is 2.77 bits per heavy atom. The molecule has 172 valence electrons. The molecule has 0 radical (unpaired) electrons. The lowest BCUT2D eigenvalue weighted by atomic mass is 10.0. The van der Waals surface area contributed by atoms with E-state index in [-0.39, 0.29) is 5.91 Å². The zero-order valence-corrected chi connectivity index (χ0v) is 19.7. The van der Waals surface area contributed by atoms with Crippen LogP contribution in [0.1, 0.15) is 19.8 Å². The van der Waals surface area contributed by atoms with Gasteiger partial charge in [-0.15, -0.1) is 0 Å². The Hall–Kier alpha value is -4.37. The lowest BCUT2D eigenvalue weighted by molar-refractivity contribution is -0.116. The average Bonchev–Trinajstić information content (AvgIpc) is 3.63. The van der Waals surface area contributed by atoms with E-state index in [0.717, 1.165) is 56.3 Å². The van der Waals surface area contributed by atoms with E-state index in [2.05, 4.69) is 48.0 Å². The molecule has 0 unspecified atom stereocenters. The molecule has 35 heavy (non-hydrogen) atoms. The fourth-order valence-electron chi connectivity index (χ4n) is 4.16. The summed E-state index contributed by atoms with van der Waals surface area (Å²) in [5.41, 5.74) is 7.99. The number of nitrogens with one attached hydrogen (secondary N) is 3. The molecule has 0 aliphatic rings. The summed E-state index contributed by atoms with van der Waals surface area (Å²) in [6, 6.07) is 10.1. The maximum atomic E-state index is 12.0. The average molecular weight is 480 g/mol. The number of carbonyl (C=O) groups excluding carboxylic acids is 1. The Morgan fingerprint density at radius 1 is 1.00 bits per heavy atom. The van der Waals surface area contributed by atoms with Crippen LogP contribution in [0.5, 0.6) is 0 Å². The van der Waals surface area contributed by atoms with Crippen molar-refractivity contribution >= 4 is 44.9 Å². The molecule has 6 aromatic rings. The first kappa shape index (κ1) is 21.2. The molecule has 3 N–H and O–H groups in total. The van der Waals surface area contributed by atoms with Gasteiger partial charge in [-0.05, 0) is 52.6 Å². The van der Waals surface area contributed by atoms with Crippen LogP contribution in [0.2, 0.25) is 0 Å². The molecule has 0 aliphatic heterocycles. The van der Waals surface area contributed by atoms with Crippen molar-refractivity contribution in [2.45, 2.75) is 19.8 Å². The predicted molar refractivity (Wildman–Crippen MR) is 139 cm³/mol. The van der Waals surface area contributed by atoms with Gasteiger partial charge in [0.2, 0.25) is 5.91 Å². The van der Waals surface area contributed by atoms with E-state index in [0.29, 0.717) is 17.9 Å². The fraction of sp³-hybridized carbons (Fsp3) is 0.115. The zero-order chi connectivity index (χ0) is 23.8. The van der Waals surface area contributed by atoms with Crippen LogP contribution in [0.25, 0.3) is 55.7 Å². The molecule has 0 bridgehead atoms. The third-order valence-electron chi connectivity index (χ3n) is 5.85. The third kappa shape index (κ3) is 3.95. The maximum absolute atomic E-state index is 12.0. The molecule has 5 aromatic heterocycles. The molecule has 8 nitrogen and oxygen atoms in total. The first-order valence-corrected chi connectivity index (χ1v) is 12.2. The van der Waals surface area contributed by atoms with E-state index in [1.807, 2.05) is 36.7 Å². The molecule has 0 aliphatic carbocycles. The zero-order valence-electron chi connectivity index (χ0n) is 18.9. The normalized spacial score (nSPS) is 11.3. The summed E-state index contributed by atoms with van der Waals surface area (Å²) in [5, 5.41) is 15.6. The lowest BCUT2D eigenvalue weighted by Gasteiger charge is -2.07. The quantitative estimate of drug-likeness (QED) is 0.270. The number of pyridine rings is 2. The van der Waals surface area contributed by atoms with E-state index in [4.69, 9.17) is 4.98 Å². The summed E-state index contributed by atoms with van der Waals surface area (Å²) in [5.74, 6) is 0.659. The monoisotopic (exact) mass is 479 g/mol. The Bertz CT molecular complexity index is 1670. The third-order valence-corrected chi connectivity index (χ3v) is 6.53. The van der Waals surface area contributed by atoms with Gasteiger partial charge in [0, 0.05) is 35.3 Å². The van der Waals surface area contributed by atoms with Crippen LogP contribution in [0.4, 0.5) is 5.69 Å². The van der Waals surface area contributed by atoms with Crippen molar-refractivity contribution < 1.29 is 4.79 Å². The summed E-state index contributed by atoms with van der Waals surface area (Å²) < 4.78 is 0. The minimum absolute atomic E-state index is 0.0137.